The van der Waals surface area contributed by atoms with Crippen LogP contribution in [-0.2, 0) is 16.5 Å². The van der Waals surface area contributed by atoms with Crippen molar-refractivity contribution in [3.63, 3.8) is 0 Å². The fourth-order valence-electron chi connectivity index (χ4n) is 4.56. The molecular formula is C20H28B3N5O4. The summed E-state index contributed by atoms with van der Waals surface area (Å²) < 4.78 is 5.13. The van der Waals surface area contributed by atoms with E-state index in [1.54, 1.807) is 13.9 Å². The molecule has 1 aromatic carbocycles. The molecule has 9 nitrogen and oxygen atoms in total. The summed E-state index contributed by atoms with van der Waals surface area (Å²) in [6.45, 7) is 1.46. The molecule has 2 aliphatic rings. The van der Waals surface area contributed by atoms with Crippen molar-refractivity contribution in [2.24, 2.45) is 0 Å². The molecule has 0 aliphatic carbocycles. The van der Waals surface area contributed by atoms with Gasteiger partial charge in [-0.05, 0) is 16.5 Å². The maximum atomic E-state index is 12.6. The minimum atomic E-state index is -1.12. The normalized spacial score (nSPS) is 23.6. The molecule has 1 amide bonds. The number of carbonyl (C=O) groups is 1. The molecule has 2 aromatic rings. The summed E-state index contributed by atoms with van der Waals surface area (Å²) >= 11 is 0. The van der Waals surface area contributed by atoms with E-state index in [0.717, 1.165) is 11.1 Å². The number of aromatic nitrogens is 2. The number of hydrogen-bond acceptors (Lipinski definition) is 8. The Labute approximate surface area is 190 Å². The number of carbonyl (C=O) groups excluding carboxylic acids is 1. The molecule has 1 saturated heterocycles. The summed E-state index contributed by atoms with van der Waals surface area (Å²) in [4.78, 5) is 22.6. The van der Waals surface area contributed by atoms with Crippen molar-refractivity contribution in [2.75, 3.05) is 31.6 Å². The lowest BCUT2D eigenvalue weighted by molar-refractivity contribution is -0.0837. The van der Waals surface area contributed by atoms with Crippen LogP contribution in [0.4, 0.5) is 5.82 Å². The number of benzene rings is 1. The lowest BCUT2D eigenvalue weighted by Gasteiger charge is -2.53. The Kier molecular flexibility index (Phi) is 6.31. The number of amides is 1. The van der Waals surface area contributed by atoms with Crippen LogP contribution in [0, 0.1) is 0 Å². The number of aliphatic hydroxyl groups is 2. The molecule has 0 spiro atoms. The van der Waals surface area contributed by atoms with Crippen molar-refractivity contribution >= 4 is 35.3 Å². The molecule has 1 unspecified atom stereocenters. The lowest BCUT2D eigenvalue weighted by atomic mass is 9.52. The number of ether oxygens (including phenoxy) is 1. The summed E-state index contributed by atoms with van der Waals surface area (Å²) in [6, 6.07) is 9.81. The third-order valence-electron chi connectivity index (χ3n) is 6.24. The van der Waals surface area contributed by atoms with Gasteiger partial charge in [-0.2, -0.15) is 0 Å². The number of aliphatic hydroxyl groups excluding tert-OH is 1. The summed E-state index contributed by atoms with van der Waals surface area (Å²) in [6.07, 6.45) is 0.925. The van der Waals surface area contributed by atoms with Crippen molar-refractivity contribution in [1.82, 2.24) is 20.2 Å². The molecule has 3 heterocycles. The fourth-order valence-corrected chi connectivity index (χ4v) is 4.56. The van der Waals surface area contributed by atoms with E-state index in [-0.39, 0.29) is 24.8 Å². The molecule has 32 heavy (non-hydrogen) atoms. The van der Waals surface area contributed by atoms with E-state index < -0.39 is 23.0 Å². The molecule has 0 bridgehead atoms. The highest BCUT2D eigenvalue weighted by atomic mass is 16.5. The highest BCUT2D eigenvalue weighted by Crippen LogP contribution is 2.37. The molecule has 2 atom stereocenters. The van der Waals surface area contributed by atoms with E-state index in [9.17, 15) is 15.0 Å². The van der Waals surface area contributed by atoms with Gasteiger partial charge >= 0.3 is 0 Å². The Morgan fingerprint density at radius 1 is 1.28 bits per heavy atom. The molecule has 4 rings (SSSR count). The highest BCUT2D eigenvalue weighted by Gasteiger charge is 2.45. The Hall–Kier alpha value is -2.40. The molecule has 1 fully saturated rings. The fraction of sp³-hybridized carbons (Fsp3) is 0.450. The first-order valence-electron chi connectivity index (χ1n) is 10.9. The molecule has 12 heteroatoms. The van der Waals surface area contributed by atoms with Crippen LogP contribution >= 0.6 is 0 Å². The van der Waals surface area contributed by atoms with Gasteiger partial charge in [0.15, 0.2) is 7.85 Å². The predicted molar refractivity (Wildman–Crippen MR) is 128 cm³/mol. The summed E-state index contributed by atoms with van der Waals surface area (Å²) in [5.41, 5.74) is 1.32. The first-order chi connectivity index (χ1) is 15.2. The average molecular weight is 435 g/mol. The van der Waals surface area contributed by atoms with E-state index in [4.69, 9.17) is 4.74 Å². The van der Waals surface area contributed by atoms with Crippen LogP contribution in [0.3, 0.4) is 0 Å². The molecule has 2 aliphatic heterocycles. The van der Waals surface area contributed by atoms with E-state index in [1.165, 1.54) is 6.33 Å². The quantitative estimate of drug-likeness (QED) is 0.333. The number of β-amino-alcohol motifs (C(OH)–C–C–N with tert-alkyl or cyclic N) is 1. The number of rotatable bonds is 7. The number of fused-ring (bicyclic) bond motifs is 1. The van der Waals surface area contributed by atoms with E-state index in [2.05, 4.69) is 26.7 Å². The predicted octanol–water partition coefficient (Wildman–Crippen LogP) is -3.41. The second-order valence-corrected chi connectivity index (χ2v) is 9.25. The van der Waals surface area contributed by atoms with Gasteiger partial charge in [-0.25, -0.2) is 9.97 Å². The van der Waals surface area contributed by atoms with Crippen molar-refractivity contribution in [3.05, 3.63) is 53.5 Å². The van der Waals surface area contributed by atoms with Gasteiger partial charge < -0.3 is 25.6 Å². The van der Waals surface area contributed by atoms with Crippen molar-refractivity contribution in [2.45, 2.75) is 29.5 Å². The maximum Gasteiger partial charge on any atom is 0.270 e. The van der Waals surface area contributed by atoms with Gasteiger partial charge in [0.25, 0.3) is 5.91 Å². The number of nitrogens with zero attached hydrogens (tertiary/aromatic N) is 3. The molecule has 4 N–H and O–H groups in total. The van der Waals surface area contributed by atoms with Gasteiger partial charge in [-0.1, -0.05) is 24.3 Å². The monoisotopic (exact) mass is 435 g/mol. The van der Waals surface area contributed by atoms with Gasteiger partial charge in [0.2, 0.25) is 0 Å². The second kappa shape index (κ2) is 8.86. The van der Waals surface area contributed by atoms with Crippen LogP contribution in [0.1, 0.15) is 21.6 Å². The molecule has 0 saturated carbocycles. The van der Waals surface area contributed by atoms with Crippen molar-refractivity contribution < 1.29 is 19.7 Å². The second-order valence-electron chi connectivity index (χ2n) is 9.25. The minimum absolute atomic E-state index is 0.0341. The average Bonchev–Trinajstić information content (AvgIpc) is 2.72. The van der Waals surface area contributed by atoms with Crippen LogP contribution in [0.5, 0.6) is 0 Å². The van der Waals surface area contributed by atoms with Gasteiger partial charge in [-0.3, -0.25) is 9.69 Å². The van der Waals surface area contributed by atoms with Crippen LogP contribution in [-0.4, -0.2) is 98.6 Å². The third-order valence-corrected chi connectivity index (χ3v) is 6.24. The smallest absolute Gasteiger partial charge is 0.270 e. The van der Waals surface area contributed by atoms with Crippen LogP contribution in [0.2, 0.25) is 0 Å². The summed E-state index contributed by atoms with van der Waals surface area (Å²) in [5, 5.41) is 27.3. The number of anilines is 1. The van der Waals surface area contributed by atoms with E-state index >= 15 is 0 Å². The van der Waals surface area contributed by atoms with Crippen LogP contribution in [0.25, 0.3) is 0 Å². The summed E-state index contributed by atoms with van der Waals surface area (Å²) in [5.74, 6) is 0.165. The Morgan fingerprint density at radius 2 is 2.03 bits per heavy atom. The molecular weight excluding hydrogens is 407 g/mol. The molecule has 1 aromatic heterocycles. The first-order valence-corrected chi connectivity index (χ1v) is 10.9. The third kappa shape index (κ3) is 4.68. The van der Waals surface area contributed by atoms with E-state index in [0.29, 0.717) is 25.5 Å². The number of hydrogen-bond donors (Lipinski definition) is 4. The van der Waals surface area contributed by atoms with E-state index in [1.807, 2.05) is 38.8 Å². The van der Waals surface area contributed by atoms with Gasteiger partial charge in [0.1, 0.15) is 33.5 Å². The Bertz CT molecular complexity index is 989. The first kappa shape index (κ1) is 22.8. The number of nitrogens with one attached hydrogen (secondary N) is 2. The minimum Gasteiger partial charge on any atom is -0.390 e. The SMILES string of the molecule is BC1(O)Cc2ccccc2C(B)(B)N1C[C@@H](O)CNC(=O)c1cc(NC2COC2)ncn1. The van der Waals surface area contributed by atoms with Crippen LogP contribution in [0.15, 0.2) is 36.7 Å². The Morgan fingerprint density at radius 3 is 2.75 bits per heavy atom. The van der Waals surface area contributed by atoms with Crippen molar-refractivity contribution in [1.29, 1.82) is 0 Å². The van der Waals surface area contributed by atoms with Gasteiger partial charge in [0.05, 0.1) is 31.0 Å². The lowest BCUT2D eigenvalue weighted by Crippen LogP contribution is -2.66. The molecule has 166 valence electrons. The summed E-state index contributed by atoms with van der Waals surface area (Å²) in [7, 11) is 5.83. The Balaban J connectivity index is 1.38. The van der Waals surface area contributed by atoms with Gasteiger partial charge in [-0.15, -0.1) is 0 Å². The van der Waals surface area contributed by atoms with Crippen molar-refractivity contribution in [3.8, 4) is 0 Å². The maximum absolute atomic E-state index is 12.6. The topological polar surface area (TPSA) is 120 Å². The largest absolute Gasteiger partial charge is 0.390 e. The zero-order valence-corrected chi connectivity index (χ0v) is 18.7. The molecule has 0 radical (unpaired) electrons. The standard InChI is InChI=1S/C20H28B3N5O4/c21-19(31)6-12-3-1-2-4-15(12)20(22,23)28(19)8-14(29)7-24-18(30)16-5-17(26-11-25-16)27-13-9-32-10-13/h1-5,11,13-14,29,31H,6-10,21-23H2,(H,24,30)(H,25,26,27)/t14-,19?/m0/s1. The van der Waals surface area contributed by atoms with Crippen LogP contribution < -0.4 is 10.6 Å². The zero-order valence-electron chi connectivity index (χ0n) is 18.7. The van der Waals surface area contributed by atoms with Gasteiger partial charge in [0, 0.05) is 25.6 Å². The highest BCUT2D eigenvalue weighted by molar-refractivity contribution is 6.40. The zero-order chi connectivity index (χ0) is 22.9.